The third kappa shape index (κ3) is 2.55. The van der Waals surface area contributed by atoms with Crippen molar-refractivity contribution in [2.24, 2.45) is 0 Å². The Hall–Kier alpha value is -2.89. The van der Waals surface area contributed by atoms with Crippen molar-refractivity contribution < 1.29 is 18.1 Å². The molecule has 0 unspecified atom stereocenters. The molecule has 1 amide bonds. The molecule has 0 saturated carbocycles. The summed E-state index contributed by atoms with van der Waals surface area (Å²) in [6.45, 7) is 1.64. The quantitative estimate of drug-likeness (QED) is 0.798. The molecule has 3 aromatic rings. The van der Waals surface area contributed by atoms with Crippen molar-refractivity contribution >= 4 is 11.6 Å². The van der Waals surface area contributed by atoms with Crippen molar-refractivity contribution in [2.45, 2.75) is 6.92 Å². The molecular weight excluding hydrogens is 275 g/mol. The van der Waals surface area contributed by atoms with Gasteiger partial charge in [-0.3, -0.25) is 4.79 Å². The monoisotopic (exact) mass is 286 g/mol. The fourth-order valence-electron chi connectivity index (χ4n) is 1.95. The van der Waals surface area contributed by atoms with Gasteiger partial charge in [0.15, 0.2) is 11.5 Å². The number of amides is 1. The Bertz CT molecular complexity index is 761. The number of benzene rings is 1. The summed E-state index contributed by atoms with van der Waals surface area (Å²) >= 11 is 0. The van der Waals surface area contributed by atoms with Crippen molar-refractivity contribution in [1.82, 2.24) is 5.16 Å². The van der Waals surface area contributed by atoms with Gasteiger partial charge < -0.3 is 14.3 Å². The summed E-state index contributed by atoms with van der Waals surface area (Å²) < 4.78 is 23.2. The minimum absolute atomic E-state index is 0.286. The Morgan fingerprint density at radius 2 is 2.00 bits per heavy atom. The molecule has 6 heteroatoms. The first-order valence-electron chi connectivity index (χ1n) is 6.22. The zero-order chi connectivity index (χ0) is 14.8. The number of hydrogen-bond acceptors (Lipinski definition) is 4. The van der Waals surface area contributed by atoms with Crippen LogP contribution in [-0.2, 0) is 0 Å². The highest BCUT2D eigenvalue weighted by Crippen LogP contribution is 2.26. The number of anilines is 1. The summed E-state index contributed by atoms with van der Waals surface area (Å²) in [6.07, 6.45) is 1.49. The summed E-state index contributed by atoms with van der Waals surface area (Å²) in [7, 11) is 0. The molecule has 21 heavy (non-hydrogen) atoms. The number of halogens is 1. The standard InChI is InChI=1S/C15H11FN2O3/c1-9-13(14(18-21-9)12-3-2-8-20-12)15(19)17-11-6-4-10(16)5-7-11/h2-8H,1H3,(H,17,19). The van der Waals surface area contributed by atoms with Gasteiger partial charge in [0, 0.05) is 5.69 Å². The summed E-state index contributed by atoms with van der Waals surface area (Å²) in [4.78, 5) is 12.4. The van der Waals surface area contributed by atoms with Crippen LogP contribution in [0.25, 0.3) is 11.5 Å². The molecule has 2 aromatic heterocycles. The lowest BCUT2D eigenvalue weighted by molar-refractivity contribution is 0.102. The number of carbonyl (C=O) groups excluding carboxylic acids is 1. The molecule has 1 N–H and O–H groups in total. The van der Waals surface area contributed by atoms with Gasteiger partial charge in [0.05, 0.1) is 6.26 Å². The number of nitrogens with one attached hydrogen (secondary N) is 1. The van der Waals surface area contributed by atoms with Gasteiger partial charge in [-0.05, 0) is 43.3 Å². The van der Waals surface area contributed by atoms with Crippen molar-refractivity contribution in [3.63, 3.8) is 0 Å². The Morgan fingerprint density at radius 1 is 1.24 bits per heavy atom. The van der Waals surface area contributed by atoms with E-state index in [-0.39, 0.29) is 11.4 Å². The van der Waals surface area contributed by atoms with Crippen LogP contribution in [0.5, 0.6) is 0 Å². The maximum absolute atomic E-state index is 12.9. The first-order valence-corrected chi connectivity index (χ1v) is 6.22. The first kappa shape index (κ1) is 13.1. The van der Waals surface area contributed by atoms with Gasteiger partial charge in [-0.25, -0.2) is 4.39 Å². The van der Waals surface area contributed by atoms with E-state index in [2.05, 4.69) is 10.5 Å². The maximum Gasteiger partial charge on any atom is 0.261 e. The fourth-order valence-corrected chi connectivity index (χ4v) is 1.95. The second kappa shape index (κ2) is 5.24. The van der Waals surface area contributed by atoms with E-state index in [0.717, 1.165) is 0 Å². The zero-order valence-electron chi connectivity index (χ0n) is 11.1. The van der Waals surface area contributed by atoms with Gasteiger partial charge in [-0.15, -0.1) is 0 Å². The summed E-state index contributed by atoms with van der Waals surface area (Å²) in [5.74, 6) is 0.0503. The van der Waals surface area contributed by atoms with E-state index in [4.69, 9.17) is 8.94 Å². The van der Waals surface area contributed by atoms with Gasteiger partial charge in [0.1, 0.15) is 17.1 Å². The lowest BCUT2D eigenvalue weighted by Crippen LogP contribution is -2.13. The first-order chi connectivity index (χ1) is 10.1. The molecule has 2 heterocycles. The van der Waals surface area contributed by atoms with Gasteiger partial charge in [-0.2, -0.15) is 0 Å². The lowest BCUT2D eigenvalue weighted by atomic mass is 10.1. The smallest absolute Gasteiger partial charge is 0.261 e. The average molecular weight is 286 g/mol. The highest BCUT2D eigenvalue weighted by atomic mass is 19.1. The van der Waals surface area contributed by atoms with E-state index in [9.17, 15) is 9.18 Å². The second-order valence-corrected chi connectivity index (χ2v) is 4.40. The molecule has 0 aliphatic carbocycles. The number of aromatic nitrogens is 1. The van der Waals surface area contributed by atoms with Crippen LogP contribution in [0, 0.1) is 12.7 Å². The van der Waals surface area contributed by atoms with Gasteiger partial charge in [-0.1, -0.05) is 5.16 Å². The van der Waals surface area contributed by atoms with Crippen LogP contribution in [0.15, 0.2) is 51.6 Å². The average Bonchev–Trinajstić information content (AvgIpc) is 3.10. The lowest BCUT2D eigenvalue weighted by Gasteiger charge is -2.04. The van der Waals surface area contributed by atoms with Crippen LogP contribution in [0.4, 0.5) is 10.1 Å². The molecule has 1 aromatic carbocycles. The van der Waals surface area contributed by atoms with Crippen LogP contribution >= 0.6 is 0 Å². The fraction of sp³-hybridized carbons (Fsp3) is 0.0667. The number of hydrogen-bond donors (Lipinski definition) is 1. The molecular formula is C15H11FN2O3. The normalized spacial score (nSPS) is 10.6. The van der Waals surface area contributed by atoms with Crippen LogP contribution in [0.1, 0.15) is 16.1 Å². The van der Waals surface area contributed by atoms with E-state index in [1.807, 2.05) is 0 Å². The molecule has 0 spiro atoms. The Labute approximate surface area is 119 Å². The van der Waals surface area contributed by atoms with Gasteiger partial charge in [0.25, 0.3) is 5.91 Å². The van der Waals surface area contributed by atoms with Crippen molar-refractivity contribution in [1.29, 1.82) is 0 Å². The third-order valence-electron chi connectivity index (χ3n) is 2.95. The Kier molecular flexibility index (Phi) is 3.27. The maximum atomic E-state index is 12.9. The second-order valence-electron chi connectivity index (χ2n) is 4.40. The van der Waals surface area contributed by atoms with E-state index in [1.165, 1.54) is 30.5 Å². The van der Waals surface area contributed by atoms with Crippen LogP contribution in [-0.4, -0.2) is 11.1 Å². The summed E-state index contributed by atoms with van der Waals surface area (Å²) in [5, 5.41) is 6.51. The SMILES string of the molecule is Cc1onc(-c2ccco2)c1C(=O)Nc1ccc(F)cc1. The highest BCUT2D eigenvalue weighted by molar-refractivity contribution is 6.08. The minimum Gasteiger partial charge on any atom is -0.463 e. The number of rotatable bonds is 3. The van der Waals surface area contributed by atoms with Crippen molar-refractivity contribution in [3.8, 4) is 11.5 Å². The molecule has 3 rings (SSSR count). The van der Waals surface area contributed by atoms with Crippen LogP contribution < -0.4 is 5.32 Å². The van der Waals surface area contributed by atoms with E-state index in [1.54, 1.807) is 19.1 Å². The number of carbonyl (C=O) groups is 1. The van der Waals surface area contributed by atoms with Crippen LogP contribution in [0.3, 0.4) is 0 Å². The Morgan fingerprint density at radius 3 is 2.67 bits per heavy atom. The third-order valence-corrected chi connectivity index (χ3v) is 2.95. The van der Waals surface area contributed by atoms with E-state index < -0.39 is 5.91 Å². The Balaban J connectivity index is 1.91. The van der Waals surface area contributed by atoms with E-state index in [0.29, 0.717) is 22.9 Å². The molecule has 0 bridgehead atoms. The largest absolute Gasteiger partial charge is 0.463 e. The van der Waals surface area contributed by atoms with E-state index >= 15 is 0 Å². The van der Waals surface area contributed by atoms with Gasteiger partial charge >= 0.3 is 0 Å². The molecule has 0 fully saturated rings. The predicted octanol–water partition coefficient (Wildman–Crippen LogP) is 3.63. The molecule has 0 radical (unpaired) electrons. The van der Waals surface area contributed by atoms with Crippen molar-refractivity contribution in [3.05, 3.63) is 59.8 Å². The molecule has 0 aliphatic heterocycles. The molecule has 106 valence electrons. The van der Waals surface area contributed by atoms with Gasteiger partial charge in [0.2, 0.25) is 0 Å². The number of aryl methyl sites for hydroxylation is 1. The molecule has 0 atom stereocenters. The summed E-state index contributed by atoms with van der Waals surface area (Å²) in [6, 6.07) is 8.87. The van der Waals surface area contributed by atoms with Crippen molar-refractivity contribution in [2.75, 3.05) is 5.32 Å². The topological polar surface area (TPSA) is 68.3 Å². The molecule has 0 aliphatic rings. The minimum atomic E-state index is -0.397. The number of nitrogens with zero attached hydrogens (tertiary/aromatic N) is 1. The highest BCUT2D eigenvalue weighted by Gasteiger charge is 2.23. The predicted molar refractivity (Wildman–Crippen MR) is 73.3 cm³/mol. The molecule has 5 nitrogen and oxygen atoms in total. The zero-order valence-corrected chi connectivity index (χ0v) is 11.1. The summed E-state index contributed by atoms with van der Waals surface area (Å²) in [5.41, 5.74) is 1.10. The van der Waals surface area contributed by atoms with Crippen LogP contribution in [0.2, 0.25) is 0 Å². The molecule has 0 saturated heterocycles. The number of furan rings is 1.